The second-order valence-electron chi connectivity index (χ2n) is 1.37. The van der Waals surface area contributed by atoms with Crippen LogP contribution in [0.5, 0.6) is 0 Å². The van der Waals surface area contributed by atoms with E-state index in [1.807, 2.05) is 0 Å². The highest BCUT2D eigenvalue weighted by Crippen LogP contribution is 2.35. The maximum atomic E-state index is 13.2. The van der Waals surface area contributed by atoms with E-state index in [1.165, 1.54) is 0 Å². The molecule has 0 aromatic heterocycles. The van der Waals surface area contributed by atoms with Crippen LogP contribution in [0.25, 0.3) is 1.43 Å². The number of carboxylic acids is 1. The minimum Gasteiger partial charge on any atom is -0.481 e. The van der Waals surface area contributed by atoms with Gasteiger partial charge < -0.3 is 5.11 Å². The molecular weight excluding hydrogens is 143 g/mol. The van der Waals surface area contributed by atoms with E-state index in [-0.39, 0.29) is 0 Å². The van der Waals surface area contributed by atoms with Crippen molar-refractivity contribution in [1.29, 1.82) is 1.43 Å². The van der Waals surface area contributed by atoms with E-state index >= 15 is 0 Å². The summed E-state index contributed by atoms with van der Waals surface area (Å²) < 4.78 is 62.2. The third-order valence-electron chi connectivity index (χ3n) is 0.606. The van der Waals surface area contributed by atoms with Gasteiger partial charge in [0.2, 0.25) is 0 Å². The van der Waals surface area contributed by atoms with Crippen LogP contribution in [0.15, 0.2) is 0 Å². The predicted octanol–water partition coefficient (Wildman–Crippen LogP) is 0.826. The summed E-state index contributed by atoms with van der Waals surface area (Å²) in [4.78, 5) is 18.1. The van der Waals surface area contributed by atoms with E-state index in [1.54, 1.807) is 0 Å². The number of rotatable bonds is 4. The third-order valence-corrected chi connectivity index (χ3v) is 0.606. The number of carbonyl (C=O) groups is 1. The largest absolute Gasteiger partial charge is 0.481 e. The number of aliphatic carboxylic acids is 1. The van der Waals surface area contributed by atoms with Crippen molar-refractivity contribution in [3.05, 3.63) is 0 Å². The zero-order valence-corrected chi connectivity index (χ0v) is 4.51. The molecule has 1 aliphatic rings. The van der Waals surface area contributed by atoms with Gasteiger partial charge in [-0.3, -0.25) is 4.79 Å². The molecule has 1 saturated heterocycles. The molecule has 1 rings (SSSR count). The van der Waals surface area contributed by atoms with Crippen LogP contribution in [0.3, 0.4) is 0 Å². The molecule has 0 aliphatic carbocycles. The van der Waals surface area contributed by atoms with Crippen molar-refractivity contribution in [3.63, 3.8) is 0 Å². The molecular formula is C5H7FO4. The topological polar surface area (TPSA) is 62.4 Å². The molecule has 1 N–H and O–H groups in total. The Morgan fingerprint density at radius 2 is 2.60 bits per heavy atom. The smallest absolute Gasteiger partial charge is 0.373 e. The number of carboxylic acid groups (broad SMARTS) is 1. The molecule has 0 aromatic carbocycles. The van der Waals surface area contributed by atoms with Crippen molar-refractivity contribution in [2.75, 3.05) is 0 Å². The average Bonchev–Trinajstić information content (AvgIpc) is 2.96. The van der Waals surface area contributed by atoms with Crippen molar-refractivity contribution >= 4 is 5.97 Å². The van der Waals surface area contributed by atoms with E-state index in [9.17, 15) is 9.18 Å². The molecule has 0 spiro atoms. The highest BCUT2D eigenvalue weighted by Gasteiger charge is 2.49. The van der Waals surface area contributed by atoms with E-state index < -0.39 is 31.1 Å². The average molecular weight is 157 g/mol. The van der Waals surface area contributed by atoms with Gasteiger partial charge >= 0.3 is 12.0 Å². The number of hydrogen-bond donors (Lipinski definition) is 1. The fourth-order valence-electron chi connectivity index (χ4n) is 0.235. The minimum atomic E-state index is -3.69. The van der Waals surface area contributed by atoms with Gasteiger partial charge in [0.15, 0.2) is 0 Å². The second-order valence-corrected chi connectivity index (χ2v) is 1.37. The maximum absolute atomic E-state index is 13.2. The van der Waals surface area contributed by atoms with Crippen molar-refractivity contribution in [2.45, 2.75) is 25.2 Å². The zero-order chi connectivity index (χ0) is 13.7. The van der Waals surface area contributed by atoms with Crippen LogP contribution in [0.4, 0.5) is 4.39 Å². The lowest BCUT2D eigenvalue weighted by Gasteiger charge is -1.92. The molecule has 0 amide bonds. The first-order valence-corrected chi connectivity index (χ1v) is 2.17. The van der Waals surface area contributed by atoms with E-state index in [4.69, 9.17) is 9.66 Å². The van der Waals surface area contributed by atoms with Crippen LogP contribution in [0, 0.1) is 0 Å². The lowest BCUT2D eigenvalue weighted by molar-refractivity contribution is -0.137. The SMILES string of the molecule is [2H]OC(=O)C([2H])([2H])C([2H])([2H])C([2H])([2H])C1(F)OO1. The third kappa shape index (κ3) is 2.28. The standard InChI is InChI=1S/C5H7FO4/c6-5(9-10-5)3-1-2-4(7)8/h1-3H2,(H,7,8)/i1D2,2D2,3D2/hD. The summed E-state index contributed by atoms with van der Waals surface area (Å²) in [6.07, 6.45) is -10.9. The van der Waals surface area contributed by atoms with Crippen LogP contribution in [-0.2, 0) is 14.6 Å². The number of alkyl halides is 1. The van der Waals surface area contributed by atoms with Gasteiger partial charge in [-0.05, 0) is 6.37 Å². The summed E-state index contributed by atoms with van der Waals surface area (Å²) in [5.41, 5.74) is 0. The molecule has 0 aromatic rings. The van der Waals surface area contributed by atoms with Gasteiger partial charge in [0.1, 0.15) is 0 Å². The summed E-state index contributed by atoms with van der Waals surface area (Å²) in [5, 5.41) is 3.25. The molecule has 0 saturated carbocycles. The second kappa shape index (κ2) is 2.51. The fraction of sp³-hybridized carbons (Fsp3) is 0.800. The van der Waals surface area contributed by atoms with Crippen LogP contribution in [0.2, 0.25) is 0 Å². The molecule has 0 bridgehead atoms. The van der Waals surface area contributed by atoms with Crippen molar-refractivity contribution in [1.82, 2.24) is 0 Å². The van der Waals surface area contributed by atoms with Gasteiger partial charge in [-0.25, -0.2) is 0 Å². The van der Waals surface area contributed by atoms with Gasteiger partial charge in [0.05, 0.1) is 0 Å². The highest BCUT2D eigenvalue weighted by molar-refractivity contribution is 5.66. The summed E-state index contributed by atoms with van der Waals surface area (Å²) in [5.74, 6) is -2.00. The van der Waals surface area contributed by atoms with Gasteiger partial charge in [-0.1, -0.05) is 0 Å². The van der Waals surface area contributed by atoms with Crippen LogP contribution < -0.4 is 0 Å². The molecule has 1 fully saturated rings. The molecule has 1 aliphatic heterocycles. The first-order chi connectivity index (χ1) is 7.44. The minimum absolute atomic E-state index is 2.00. The summed E-state index contributed by atoms with van der Waals surface area (Å²) in [6.45, 7) is 0. The molecule has 0 unspecified atom stereocenters. The molecule has 58 valence electrons. The fourth-order valence-corrected chi connectivity index (χ4v) is 0.235. The molecule has 4 nitrogen and oxygen atoms in total. The molecule has 1 heterocycles. The van der Waals surface area contributed by atoms with Crippen LogP contribution in [0.1, 0.15) is 27.3 Å². The van der Waals surface area contributed by atoms with Gasteiger partial charge in [-0.2, -0.15) is 14.2 Å². The Labute approximate surface area is 66.4 Å². The molecule has 0 radical (unpaired) electrons. The Morgan fingerprint density at radius 1 is 1.90 bits per heavy atom. The normalized spacial score (nSPS) is 34.7. The molecule has 10 heavy (non-hydrogen) atoms. The Kier molecular flexibility index (Phi) is 0.609. The zero-order valence-electron chi connectivity index (χ0n) is 11.5. The molecule has 0 atom stereocenters. The number of hydrogen-bond acceptors (Lipinski definition) is 4. The lowest BCUT2D eigenvalue weighted by atomic mass is 10.2. The monoisotopic (exact) mass is 157 g/mol. The number of halogens is 1. The lowest BCUT2D eigenvalue weighted by Crippen LogP contribution is -2.02. The Hall–Kier alpha value is -0.680. The van der Waals surface area contributed by atoms with Gasteiger partial charge in [0.25, 0.3) is 1.43 Å². The first kappa shape index (κ1) is 2.42. The summed E-state index contributed by atoms with van der Waals surface area (Å²) in [7, 11) is 0. The van der Waals surface area contributed by atoms with Crippen molar-refractivity contribution in [3.8, 4) is 0 Å². The van der Waals surface area contributed by atoms with E-state index in [2.05, 4.69) is 14.9 Å². The van der Waals surface area contributed by atoms with E-state index in [0.29, 0.717) is 0 Å². The van der Waals surface area contributed by atoms with E-state index in [0.717, 1.165) is 0 Å². The first-order valence-electron chi connectivity index (χ1n) is 5.58. The quantitative estimate of drug-likeness (QED) is 0.485. The maximum Gasteiger partial charge on any atom is 0.373 e. The predicted molar refractivity (Wildman–Crippen MR) is 27.5 cm³/mol. The van der Waals surface area contributed by atoms with Crippen molar-refractivity contribution < 1.29 is 32.3 Å². The highest BCUT2D eigenvalue weighted by atomic mass is 19.2. The Balaban J connectivity index is 3.14. The van der Waals surface area contributed by atoms with Crippen LogP contribution >= 0.6 is 0 Å². The van der Waals surface area contributed by atoms with Crippen LogP contribution in [-0.4, -0.2) is 17.1 Å². The Bertz CT molecular complexity index is 341. The molecule has 5 heteroatoms. The van der Waals surface area contributed by atoms with Crippen molar-refractivity contribution in [2.24, 2.45) is 0 Å². The Morgan fingerprint density at radius 3 is 3.10 bits per heavy atom. The van der Waals surface area contributed by atoms with Gasteiger partial charge in [-0.15, -0.1) is 0 Å². The summed E-state index contributed by atoms with van der Waals surface area (Å²) in [6, 6.07) is -3.48. The van der Waals surface area contributed by atoms with Gasteiger partial charge in [0, 0.05) is 21.0 Å². The summed E-state index contributed by atoms with van der Waals surface area (Å²) >= 11 is 0.